The molecule has 0 aliphatic carbocycles. The first-order chi connectivity index (χ1) is 17.5. The van der Waals surface area contributed by atoms with E-state index in [4.69, 9.17) is 0 Å². The molecule has 3 atom stereocenters. The Morgan fingerprint density at radius 1 is 0.816 bits per heavy atom. The highest BCUT2D eigenvalue weighted by Gasteiger charge is 2.28. The number of amides is 3. The molecule has 0 aliphatic heterocycles. The Hall–Kier alpha value is -2.73. The van der Waals surface area contributed by atoms with Crippen molar-refractivity contribution in [2.75, 3.05) is 12.0 Å². The highest BCUT2D eigenvalue weighted by molar-refractivity contribution is 7.94. The third kappa shape index (κ3) is 13.2. The van der Waals surface area contributed by atoms with Gasteiger partial charge in [-0.15, -0.1) is 0 Å². The fourth-order valence-corrected chi connectivity index (χ4v) is 5.42. The Balaban J connectivity index is 3.18. The van der Waals surface area contributed by atoms with E-state index >= 15 is 0 Å². The standard InChI is InChI=1S/C26H41N3O7S2/c1-18(2)16-23(27-20(5)30)26(32)29-24(17-19(3)4)25(31)28-21(12-14-37(6,33)34)13-15-38(35,36)22-10-8-7-9-11-22/h7-11,13,15,18-19,21,23-24H,12,14,16-17H2,1-6H3,(H,27,30)(H,28,31)(H,29,32)/b15-13+/t21-,23?,24?/m0/s1. The SMILES string of the molecule is CC(=O)NC(CC(C)C)C(=O)NC(CC(C)C)C(=O)N[C@H](/C=C/S(=O)(=O)c1ccccc1)CCS(C)(=O)=O. The van der Waals surface area contributed by atoms with E-state index < -0.39 is 49.6 Å². The maximum absolute atomic E-state index is 13.3. The summed E-state index contributed by atoms with van der Waals surface area (Å²) in [6.45, 7) is 8.87. The van der Waals surface area contributed by atoms with Gasteiger partial charge in [-0.05, 0) is 43.2 Å². The Morgan fingerprint density at radius 2 is 1.32 bits per heavy atom. The average molecular weight is 572 g/mol. The van der Waals surface area contributed by atoms with Crippen molar-refractivity contribution in [2.45, 2.75) is 76.9 Å². The van der Waals surface area contributed by atoms with Gasteiger partial charge in [-0.3, -0.25) is 14.4 Å². The summed E-state index contributed by atoms with van der Waals surface area (Å²) in [5.41, 5.74) is 0. The van der Waals surface area contributed by atoms with E-state index in [1.54, 1.807) is 18.2 Å². The first-order valence-corrected chi connectivity index (χ1v) is 16.1. The van der Waals surface area contributed by atoms with E-state index in [9.17, 15) is 31.2 Å². The molecule has 0 bridgehead atoms. The molecule has 214 valence electrons. The molecule has 10 nitrogen and oxygen atoms in total. The van der Waals surface area contributed by atoms with Crippen molar-refractivity contribution in [2.24, 2.45) is 11.8 Å². The first-order valence-electron chi connectivity index (χ1n) is 12.5. The van der Waals surface area contributed by atoms with E-state index in [1.807, 2.05) is 27.7 Å². The van der Waals surface area contributed by atoms with Crippen LogP contribution < -0.4 is 16.0 Å². The molecule has 1 aromatic carbocycles. The molecular weight excluding hydrogens is 530 g/mol. The second-order valence-electron chi connectivity index (χ2n) is 10.3. The van der Waals surface area contributed by atoms with E-state index in [1.165, 1.54) is 25.1 Å². The molecule has 0 heterocycles. The summed E-state index contributed by atoms with van der Waals surface area (Å²) >= 11 is 0. The second kappa shape index (κ2) is 15.0. The molecule has 0 saturated heterocycles. The van der Waals surface area contributed by atoms with Crippen LogP contribution in [0.25, 0.3) is 0 Å². The van der Waals surface area contributed by atoms with E-state index in [0.717, 1.165) is 11.7 Å². The summed E-state index contributed by atoms with van der Waals surface area (Å²) in [5.74, 6) is -1.64. The van der Waals surface area contributed by atoms with Crippen molar-refractivity contribution in [3.05, 3.63) is 41.8 Å². The van der Waals surface area contributed by atoms with E-state index in [-0.39, 0.29) is 41.2 Å². The molecule has 0 fully saturated rings. The molecule has 0 spiro atoms. The number of benzene rings is 1. The first kappa shape index (κ1) is 33.3. The maximum atomic E-state index is 13.3. The molecule has 0 aliphatic rings. The fourth-order valence-electron chi connectivity index (χ4n) is 3.65. The van der Waals surface area contributed by atoms with Gasteiger partial charge in [0.05, 0.1) is 10.6 Å². The maximum Gasteiger partial charge on any atom is 0.243 e. The summed E-state index contributed by atoms with van der Waals surface area (Å²) in [4.78, 5) is 37.9. The summed E-state index contributed by atoms with van der Waals surface area (Å²) < 4.78 is 48.9. The molecular formula is C26H41N3O7S2. The third-order valence-electron chi connectivity index (χ3n) is 5.43. The molecule has 12 heteroatoms. The Morgan fingerprint density at radius 3 is 1.79 bits per heavy atom. The molecule has 1 aromatic rings. The highest BCUT2D eigenvalue weighted by Crippen LogP contribution is 2.13. The van der Waals surface area contributed by atoms with Gasteiger partial charge < -0.3 is 16.0 Å². The van der Waals surface area contributed by atoms with Crippen LogP contribution in [0.15, 0.2) is 46.7 Å². The summed E-state index contributed by atoms with van der Waals surface area (Å²) in [5, 5.41) is 8.95. The minimum Gasteiger partial charge on any atom is -0.348 e. The zero-order valence-electron chi connectivity index (χ0n) is 22.9. The monoisotopic (exact) mass is 571 g/mol. The molecule has 0 saturated carbocycles. The van der Waals surface area contributed by atoms with Gasteiger partial charge in [0, 0.05) is 24.6 Å². The number of sulfone groups is 2. The molecule has 2 unspecified atom stereocenters. The second-order valence-corrected chi connectivity index (χ2v) is 14.4. The van der Waals surface area contributed by atoms with Crippen molar-refractivity contribution in [1.29, 1.82) is 0 Å². The van der Waals surface area contributed by atoms with Crippen LogP contribution in [0.5, 0.6) is 0 Å². The topological polar surface area (TPSA) is 156 Å². The lowest BCUT2D eigenvalue weighted by Gasteiger charge is -2.26. The molecule has 1 rings (SSSR count). The lowest BCUT2D eigenvalue weighted by Crippen LogP contribution is -2.55. The zero-order valence-corrected chi connectivity index (χ0v) is 24.6. The number of carbonyl (C=O) groups is 3. The van der Waals surface area contributed by atoms with E-state index in [0.29, 0.717) is 6.42 Å². The van der Waals surface area contributed by atoms with Crippen LogP contribution in [0.4, 0.5) is 0 Å². The van der Waals surface area contributed by atoms with Crippen molar-refractivity contribution >= 4 is 37.4 Å². The van der Waals surface area contributed by atoms with Gasteiger partial charge >= 0.3 is 0 Å². The van der Waals surface area contributed by atoms with Crippen LogP contribution >= 0.6 is 0 Å². The largest absolute Gasteiger partial charge is 0.348 e. The quantitative estimate of drug-likeness (QED) is 0.291. The van der Waals surface area contributed by atoms with Crippen LogP contribution in [0.3, 0.4) is 0 Å². The minimum absolute atomic E-state index is 0.0128. The number of hydrogen-bond acceptors (Lipinski definition) is 7. The molecule has 0 aromatic heterocycles. The minimum atomic E-state index is -3.83. The third-order valence-corrected chi connectivity index (χ3v) is 7.85. The zero-order chi connectivity index (χ0) is 29.1. The molecule has 0 radical (unpaired) electrons. The van der Waals surface area contributed by atoms with Gasteiger partial charge in [0.25, 0.3) is 0 Å². The van der Waals surface area contributed by atoms with Crippen LogP contribution in [0.1, 0.15) is 53.9 Å². The summed E-state index contributed by atoms with van der Waals surface area (Å²) in [7, 11) is -7.23. The number of carbonyl (C=O) groups excluding carboxylic acids is 3. The van der Waals surface area contributed by atoms with Crippen LogP contribution in [-0.2, 0) is 34.1 Å². The summed E-state index contributed by atoms with van der Waals surface area (Å²) in [6.07, 6.45) is 2.89. The van der Waals surface area contributed by atoms with Crippen molar-refractivity contribution < 1.29 is 31.2 Å². The van der Waals surface area contributed by atoms with Crippen LogP contribution in [0.2, 0.25) is 0 Å². The lowest BCUT2D eigenvalue weighted by molar-refractivity contribution is -0.132. The highest BCUT2D eigenvalue weighted by atomic mass is 32.2. The van der Waals surface area contributed by atoms with Crippen molar-refractivity contribution in [1.82, 2.24) is 16.0 Å². The normalized spacial score (nSPS) is 14.7. The van der Waals surface area contributed by atoms with Crippen LogP contribution in [0, 0.1) is 11.8 Å². The number of hydrogen-bond donors (Lipinski definition) is 3. The Kier molecular flexibility index (Phi) is 13.2. The molecule has 38 heavy (non-hydrogen) atoms. The Bertz CT molecular complexity index is 1180. The van der Waals surface area contributed by atoms with Gasteiger partial charge in [0.15, 0.2) is 9.84 Å². The predicted octanol–water partition coefficient (Wildman–Crippen LogP) is 1.98. The van der Waals surface area contributed by atoms with Crippen molar-refractivity contribution in [3.8, 4) is 0 Å². The smallest absolute Gasteiger partial charge is 0.243 e. The van der Waals surface area contributed by atoms with Gasteiger partial charge in [-0.25, -0.2) is 16.8 Å². The van der Waals surface area contributed by atoms with E-state index in [2.05, 4.69) is 16.0 Å². The van der Waals surface area contributed by atoms with Crippen molar-refractivity contribution in [3.63, 3.8) is 0 Å². The van der Waals surface area contributed by atoms with Gasteiger partial charge in [0.1, 0.15) is 21.9 Å². The number of rotatable bonds is 15. The van der Waals surface area contributed by atoms with Crippen LogP contribution in [-0.4, -0.2) is 64.7 Å². The van der Waals surface area contributed by atoms with Gasteiger partial charge in [0.2, 0.25) is 17.7 Å². The average Bonchev–Trinajstić information content (AvgIpc) is 2.79. The molecule has 3 N–H and O–H groups in total. The summed E-state index contributed by atoms with van der Waals surface area (Å²) in [6, 6.07) is 4.97. The number of nitrogens with one attached hydrogen (secondary N) is 3. The van der Waals surface area contributed by atoms with Gasteiger partial charge in [-0.1, -0.05) is 52.0 Å². The Labute approximate surface area is 226 Å². The predicted molar refractivity (Wildman–Crippen MR) is 147 cm³/mol. The fraction of sp³-hybridized carbons (Fsp3) is 0.577. The lowest BCUT2D eigenvalue weighted by atomic mass is 9.99. The van der Waals surface area contributed by atoms with Gasteiger partial charge in [-0.2, -0.15) is 0 Å². The molecule has 3 amide bonds.